The summed E-state index contributed by atoms with van der Waals surface area (Å²) in [7, 11) is 0. The third-order valence-corrected chi connectivity index (χ3v) is 12.7. The largest absolute Gasteiger partial charge is 0.394 e. The molecule has 384 valence electrons. The van der Waals surface area contributed by atoms with Crippen molar-refractivity contribution >= 4 is 0 Å². The van der Waals surface area contributed by atoms with Crippen LogP contribution in [0.15, 0.2) is 0 Å². The summed E-state index contributed by atoms with van der Waals surface area (Å²) in [6.07, 6.45) is -58.5. The number of ether oxygens (including phenoxy) is 12. The average Bonchev–Trinajstić information content (AvgIpc) is 3.31. The Morgan fingerprint density at radius 3 is 0.409 bits per heavy atom. The maximum absolute atomic E-state index is 11.2. The second-order valence-electron chi connectivity index (χ2n) is 16.8. The minimum atomic E-state index is -2.15. The van der Waals surface area contributed by atoms with E-state index in [1.807, 2.05) is 0 Å². The molecule has 0 saturated carbocycles. The fraction of sp³-hybridized carbons (Fsp3) is 1.00. The number of aliphatic hydroxyl groups is 18. The molecule has 30 heteroatoms. The molecule has 0 aromatic carbocycles. The van der Waals surface area contributed by atoms with E-state index >= 15 is 0 Å². The number of hydrogen-bond acceptors (Lipinski definition) is 30. The van der Waals surface area contributed by atoms with Gasteiger partial charge in [-0.2, -0.15) is 0 Å². The van der Waals surface area contributed by atoms with Crippen LogP contribution in [0.4, 0.5) is 0 Å². The second-order valence-corrected chi connectivity index (χ2v) is 16.8. The molecule has 0 aromatic heterocycles. The van der Waals surface area contributed by atoms with Crippen LogP contribution in [0.1, 0.15) is 0 Å². The SMILES string of the molecule is OCC1O[C@H]2O[C@H]3C(CO)O[C@@H](O[C@H]4C(CO)O[C@@H](O[C@H]5C(CO)O[C@@H](O[C@H]6C(CO)O[C@@H](O[C@H]7C(CO)O[C@@H](O[C@@H]1[C@H](O)C2O)C(O)[C@H]7O)C(O)[C@H]6O)C(O)[C@H]5O)C(O)[C@H]4O)C(O)[C@H]3O. The molecule has 0 radical (unpaired) electrons. The van der Waals surface area contributed by atoms with Gasteiger partial charge in [0.2, 0.25) is 0 Å². The zero-order chi connectivity index (χ0) is 48.0. The van der Waals surface area contributed by atoms with E-state index in [0.717, 1.165) is 0 Å². The lowest BCUT2D eigenvalue weighted by Crippen LogP contribution is -2.69. The van der Waals surface area contributed by atoms with E-state index in [2.05, 4.69) is 0 Å². The molecule has 12 bridgehead atoms. The van der Waals surface area contributed by atoms with Gasteiger partial charge < -0.3 is 149 Å². The normalized spacial score (nSPS) is 55.4. The number of rotatable bonds is 6. The van der Waals surface area contributed by atoms with Crippen molar-refractivity contribution in [2.24, 2.45) is 0 Å². The molecule has 12 unspecified atom stereocenters. The minimum absolute atomic E-state index is 0.999. The Balaban J connectivity index is 1.19. The highest BCUT2D eigenvalue weighted by molar-refractivity contribution is 5.01. The Morgan fingerprint density at radius 2 is 0.303 bits per heavy atom. The molecule has 22 aliphatic rings. The third-order valence-electron chi connectivity index (χ3n) is 12.7. The summed E-state index contributed by atoms with van der Waals surface area (Å²) in [5, 5.41) is 196. The fourth-order valence-corrected chi connectivity index (χ4v) is 8.93. The highest BCUT2D eigenvalue weighted by Gasteiger charge is 2.58. The average molecular weight is 973 g/mol. The Hall–Kier alpha value is -1.20. The predicted octanol–water partition coefficient (Wildman–Crippen LogP) is -13.1. The van der Waals surface area contributed by atoms with Gasteiger partial charge in [-0.1, -0.05) is 0 Å². The van der Waals surface area contributed by atoms with Crippen LogP contribution in [0.3, 0.4) is 0 Å². The first kappa shape index (κ1) is 52.6. The van der Waals surface area contributed by atoms with Crippen LogP contribution in [-0.4, -0.2) is 316 Å². The summed E-state index contributed by atoms with van der Waals surface area (Å²) in [5.41, 5.74) is 0. The second kappa shape index (κ2) is 22.1. The van der Waals surface area contributed by atoms with Crippen LogP contribution in [0, 0.1) is 0 Å². The van der Waals surface area contributed by atoms with Crippen LogP contribution >= 0.6 is 0 Å². The van der Waals surface area contributed by atoms with Gasteiger partial charge in [0.1, 0.15) is 146 Å². The summed E-state index contributed by atoms with van der Waals surface area (Å²) < 4.78 is 67.9. The first-order valence-electron chi connectivity index (χ1n) is 21.1. The van der Waals surface area contributed by atoms with Crippen molar-refractivity contribution in [2.75, 3.05) is 39.6 Å². The van der Waals surface area contributed by atoms with Crippen molar-refractivity contribution < 1.29 is 149 Å². The minimum Gasteiger partial charge on any atom is -0.394 e. The molecular formula is C36H60O30. The van der Waals surface area contributed by atoms with Crippen molar-refractivity contribution in [3.05, 3.63) is 0 Å². The van der Waals surface area contributed by atoms with Gasteiger partial charge in [-0.3, -0.25) is 0 Å². The van der Waals surface area contributed by atoms with Gasteiger partial charge >= 0.3 is 0 Å². The van der Waals surface area contributed by atoms with Crippen LogP contribution in [0.5, 0.6) is 0 Å². The van der Waals surface area contributed by atoms with E-state index < -0.39 is 224 Å². The van der Waals surface area contributed by atoms with Crippen molar-refractivity contribution in [3.8, 4) is 0 Å². The zero-order valence-corrected chi connectivity index (χ0v) is 34.5. The Bertz CT molecular complexity index is 1230. The fourth-order valence-electron chi connectivity index (χ4n) is 8.93. The van der Waals surface area contributed by atoms with Crippen molar-refractivity contribution in [3.63, 3.8) is 0 Å². The maximum atomic E-state index is 11.2. The van der Waals surface area contributed by atoms with Gasteiger partial charge in [0.05, 0.1) is 39.6 Å². The molecule has 18 N–H and O–H groups in total. The van der Waals surface area contributed by atoms with E-state index in [9.17, 15) is 91.9 Å². The van der Waals surface area contributed by atoms with Crippen LogP contribution in [0.25, 0.3) is 0 Å². The van der Waals surface area contributed by atoms with E-state index in [4.69, 9.17) is 56.8 Å². The monoisotopic (exact) mass is 972 g/mol. The highest BCUT2D eigenvalue weighted by Crippen LogP contribution is 2.38. The summed E-state index contributed by atoms with van der Waals surface area (Å²) in [6, 6.07) is 0. The standard InChI is InChI=1S/C36H60O30/c37-1-7-25-13(43)19(49)31(55-7)62-26-8(2-38)57-33(21(51)15(26)45)64-28-10(4-40)59-35(23(53)17(28)47)66-30-12(6-42)60-36(24(54)18(30)48)65-29-11(5-41)58-34(22(52)16(29)46)63-27-9(3-39)56-32(61-25)20(50)14(27)44/h7-54H,1-6H2/t7?,8?,9?,10?,11?,12?,13-,14-,15-,16-,17-,18-,19?,20?,21?,22?,23?,24?,25+,26+,27+,28+,29+,30+,31+,32+,33+,34+,35+,36+/m1/s1. The molecular weight excluding hydrogens is 912 g/mol. The molecule has 22 saturated heterocycles. The van der Waals surface area contributed by atoms with E-state index in [1.54, 1.807) is 0 Å². The van der Waals surface area contributed by atoms with Crippen LogP contribution < -0.4 is 0 Å². The van der Waals surface area contributed by atoms with Gasteiger partial charge in [0.15, 0.2) is 37.7 Å². The van der Waals surface area contributed by atoms with Gasteiger partial charge in [0.25, 0.3) is 0 Å². The smallest absolute Gasteiger partial charge is 0.187 e. The zero-order valence-electron chi connectivity index (χ0n) is 34.5. The van der Waals surface area contributed by atoms with Crippen molar-refractivity contribution in [1.29, 1.82) is 0 Å². The molecule has 0 spiro atoms. The molecule has 22 fully saturated rings. The first-order valence-corrected chi connectivity index (χ1v) is 21.1. The predicted molar refractivity (Wildman–Crippen MR) is 196 cm³/mol. The molecule has 22 rings (SSSR count). The molecule has 0 aliphatic carbocycles. The Kier molecular flexibility index (Phi) is 17.6. The lowest BCUT2D eigenvalue weighted by Gasteiger charge is -2.50. The molecule has 30 nitrogen and oxygen atoms in total. The molecule has 66 heavy (non-hydrogen) atoms. The van der Waals surface area contributed by atoms with Crippen LogP contribution in [-0.2, 0) is 56.8 Å². The van der Waals surface area contributed by atoms with Gasteiger partial charge in [-0.25, -0.2) is 0 Å². The topological polar surface area (TPSA) is 475 Å². The summed E-state index contributed by atoms with van der Waals surface area (Å²) in [4.78, 5) is 0. The van der Waals surface area contributed by atoms with E-state index in [1.165, 1.54) is 0 Å². The molecule has 22 aliphatic heterocycles. The van der Waals surface area contributed by atoms with Crippen molar-refractivity contribution in [2.45, 2.75) is 184 Å². The van der Waals surface area contributed by atoms with Gasteiger partial charge in [-0.15, -0.1) is 0 Å². The van der Waals surface area contributed by atoms with Gasteiger partial charge in [-0.05, 0) is 0 Å². The lowest BCUT2D eigenvalue weighted by atomic mass is 9.94. The number of aliphatic hydroxyl groups excluding tert-OH is 18. The summed E-state index contributed by atoms with van der Waals surface area (Å²) in [6.45, 7) is -5.99. The maximum Gasteiger partial charge on any atom is 0.187 e. The first-order chi connectivity index (χ1) is 31.4. The Morgan fingerprint density at radius 1 is 0.182 bits per heavy atom. The van der Waals surface area contributed by atoms with Gasteiger partial charge in [0, 0.05) is 0 Å². The van der Waals surface area contributed by atoms with Crippen molar-refractivity contribution in [1.82, 2.24) is 0 Å². The Labute approximate surface area is 372 Å². The summed E-state index contributed by atoms with van der Waals surface area (Å²) >= 11 is 0. The highest BCUT2D eigenvalue weighted by atomic mass is 16.8. The molecule has 0 aromatic rings. The summed E-state index contributed by atoms with van der Waals surface area (Å²) in [5.74, 6) is 0. The molecule has 30 atom stereocenters. The third kappa shape index (κ3) is 10.0. The van der Waals surface area contributed by atoms with E-state index in [0.29, 0.717) is 0 Å². The molecule has 22 heterocycles. The number of hydrogen-bond donors (Lipinski definition) is 18. The van der Waals surface area contributed by atoms with E-state index in [-0.39, 0.29) is 0 Å². The van der Waals surface area contributed by atoms with Crippen LogP contribution in [0.2, 0.25) is 0 Å². The molecule has 0 amide bonds. The lowest BCUT2D eigenvalue weighted by molar-refractivity contribution is -0.404. The quantitative estimate of drug-likeness (QED) is 0.117.